The first kappa shape index (κ1) is 17.6. The highest BCUT2D eigenvalue weighted by Crippen LogP contribution is 2.42. The molecule has 0 radical (unpaired) electrons. The smallest absolute Gasteiger partial charge is 0.250 e. The van der Waals surface area contributed by atoms with Crippen LogP contribution in [0.25, 0.3) is 0 Å². The molecule has 134 valence electrons. The molecule has 0 aliphatic carbocycles. The minimum atomic E-state index is -3.17. The number of sulfonamides is 1. The highest BCUT2D eigenvalue weighted by atomic mass is 32.2. The molecule has 2 aliphatic rings. The third-order valence-electron chi connectivity index (χ3n) is 4.77. The van der Waals surface area contributed by atoms with Crippen LogP contribution in [0.2, 0.25) is 0 Å². The molecule has 0 amide bonds. The van der Waals surface area contributed by atoms with Crippen LogP contribution in [0.5, 0.6) is 5.88 Å². The van der Waals surface area contributed by atoms with Gasteiger partial charge in [-0.2, -0.15) is 4.31 Å². The van der Waals surface area contributed by atoms with Crippen molar-refractivity contribution < 1.29 is 22.3 Å². The fourth-order valence-corrected chi connectivity index (χ4v) is 5.06. The molecule has 0 unspecified atom stereocenters. The van der Waals surface area contributed by atoms with Crippen LogP contribution in [0, 0.1) is 11.7 Å². The Balaban J connectivity index is 1.53. The Morgan fingerprint density at radius 2 is 2.29 bits per heavy atom. The summed E-state index contributed by atoms with van der Waals surface area (Å²) in [6.45, 7) is 3.65. The lowest BCUT2D eigenvalue weighted by molar-refractivity contribution is -0.104. The van der Waals surface area contributed by atoms with Gasteiger partial charge in [0.05, 0.1) is 18.0 Å². The van der Waals surface area contributed by atoms with Gasteiger partial charge in [0.2, 0.25) is 15.9 Å². The van der Waals surface area contributed by atoms with E-state index in [4.69, 9.17) is 9.47 Å². The average molecular weight is 358 g/mol. The Morgan fingerprint density at radius 1 is 1.50 bits per heavy atom. The number of hydrogen-bond acceptors (Lipinski definition) is 5. The zero-order valence-corrected chi connectivity index (χ0v) is 14.6. The second-order valence-corrected chi connectivity index (χ2v) is 8.50. The summed E-state index contributed by atoms with van der Waals surface area (Å²) in [6, 6.07) is 2.83. The van der Waals surface area contributed by atoms with E-state index in [9.17, 15) is 12.8 Å². The van der Waals surface area contributed by atoms with E-state index in [1.807, 2.05) is 6.92 Å². The van der Waals surface area contributed by atoms with E-state index < -0.39 is 21.4 Å². The van der Waals surface area contributed by atoms with Crippen LogP contribution in [0.3, 0.4) is 0 Å². The molecule has 1 atom stereocenters. The van der Waals surface area contributed by atoms with Gasteiger partial charge in [-0.25, -0.2) is 17.8 Å². The maximum atomic E-state index is 13.5. The van der Waals surface area contributed by atoms with E-state index in [0.717, 1.165) is 6.42 Å². The number of halogens is 1. The van der Waals surface area contributed by atoms with Crippen molar-refractivity contribution in [1.29, 1.82) is 0 Å². The summed E-state index contributed by atoms with van der Waals surface area (Å²) in [6.07, 6.45) is 3.66. The van der Waals surface area contributed by atoms with Crippen LogP contribution in [0.1, 0.15) is 26.2 Å². The lowest BCUT2D eigenvalue weighted by atomic mass is 9.80. The molecule has 0 saturated carbocycles. The van der Waals surface area contributed by atoms with Gasteiger partial charge in [-0.05, 0) is 37.3 Å². The van der Waals surface area contributed by atoms with Gasteiger partial charge in [0.1, 0.15) is 0 Å². The molecule has 1 aromatic rings. The normalized spacial score (nSPS) is 23.3. The fraction of sp³-hybridized carbons (Fsp3) is 0.688. The standard InChI is InChI=1S/C16H23FN2O4S/c1-2-10-24(20,21)19-11-16(12-19)13(6-9-23-16)5-8-22-15-14(17)4-3-7-18-15/h3-4,7,13H,2,5-6,8-12H2,1H3/t13-/m1/s1. The predicted molar refractivity (Wildman–Crippen MR) is 86.7 cm³/mol. The summed E-state index contributed by atoms with van der Waals surface area (Å²) in [5, 5.41) is 0. The quantitative estimate of drug-likeness (QED) is 0.744. The largest absolute Gasteiger partial charge is 0.476 e. The third kappa shape index (κ3) is 3.41. The molecule has 0 N–H and O–H groups in total. The van der Waals surface area contributed by atoms with Crippen LogP contribution in [0.4, 0.5) is 4.39 Å². The van der Waals surface area contributed by atoms with Crippen LogP contribution < -0.4 is 4.74 Å². The third-order valence-corrected chi connectivity index (χ3v) is 6.74. The first-order valence-corrected chi connectivity index (χ1v) is 9.93. The Labute approximate surface area is 142 Å². The van der Waals surface area contributed by atoms with Crippen molar-refractivity contribution in [2.75, 3.05) is 32.1 Å². The number of rotatable bonds is 7. The van der Waals surface area contributed by atoms with Gasteiger partial charge in [0.15, 0.2) is 5.82 Å². The minimum Gasteiger partial charge on any atom is -0.476 e. The molecule has 3 rings (SSSR count). The molecule has 3 heterocycles. The van der Waals surface area contributed by atoms with Crippen molar-refractivity contribution in [2.24, 2.45) is 5.92 Å². The first-order valence-electron chi connectivity index (χ1n) is 8.32. The number of ether oxygens (including phenoxy) is 2. The molecule has 24 heavy (non-hydrogen) atoms. The van der Waals surface area contributed by atoms with Gasteiger partial charge in [-0.3, -0.25) is 0 Å². The second-order valence-electron chi connectivity index (χ2n) is 6.41. The highest BCUT2D eigenvalue weighted by molar-refractivity contribution is 7.89. The molecule has 0 bridgehead atoms. The average Bonchev–Trinajstić information content (AvgIpc) is 2.91. The second kappa shape index (κ2) is 6.93. The van der Waals surface area contributed by atoms with Crippen molar-refractivity contribution >= 4 is 10.0 Å². The van der Waals surface area contributed by atoms with E-state index in [2.05, 4.69) is 4.98 Å². The number of nitrogens with zero attached hydrogens (tertiary/aromatic N) is 2. The van der Waals surface area contributed by atoms with E-state index in [-0.39, 0.29) is 17.6 Å². The van der Waals surface area contributed by atoms with Crippen molar-refractivity contribution in [3.05, 3.63) is 24.1 Å². The van der Waals surface area contributed by atoms with E-state index in [1.54, 1.807) is 0 Å². The summed E-state index contributed by atoms with van der Waals surface area (Å²) in [5.41, 5.74) is -0.396. The lowest BCUT2D eigenvalue weighted by Gasteiger charge is -2.49. The summed E-state index contributed by atoms with van der Waals surface area (Å²) < 4.78 is 50.5. The van der Waals surface area contributed by atoms with E-state index in [0.29, 0.717) is 39.1 Å². The molecule has 8 heteroatoms. The summed E-state index contributed by atoms with van der Waals surface area (Å²) in [4.78, 5) is 3.86. The van der Waals surface area contributed by atoms with Crippen LogP contribution >= 0.6 is 0 Å². The summed E-state index contributed by atoms with van der Waals surface area (Å²) in [7, 11) is -3.17. The SMILES string of the molecule is CCCS(=O)(=O)N1CC2(C1)OCC[C@H]2CCOc1ncccc1F. The minimum absolute atomic E-state index is 0.00576. The zero-order valence-electron chi connectivity index (χ0n) is 13.8. The Bertz CT molecular complexity index is 676. The number of hydrogen-bond donors (Lipinski definition) is 0. The lowest BCUT2D eigenvalue weighted by Crippen LogP contribution is -2.66. The van der Waals surface area contributed by atoms with E-state index in [1.165, 1.54) is 22.6 Å². The number of aromatic nitrogens is 1. The predicted octanol–water partition coefficient (Wildman–Crippen LogP) is 1.82. The van der Waals surface area contributed by atoms with Crippen molar-refractivity contribution in [3.63, 3.8) is 0 Å². The Hall–Kier alpha value is -1.25. The van der Waals surface area contributed by atoms with Crippen LogP contribution in [-0.4, -0.2) is 55.4 Å². The van der Waals surface area contributed by atoms with Crippen LogP contribution in [0.15, 0.2) is 18.3 Å². The van der Waals surface area contributed by atoms with Gasteiger partial charge < -0.3 is 9.47 Å². The fourth-order valence-electron chi connectivity index (χ4n) is 3.45. The summed E-state index contributed by atoms with van der Waals surface area (Å²) in [5.74, 6) is -0.0746. The van der Waals surface area contributed by atoms with Gasteiger partial charge in [0, 0.05) is 25.9 Å². The molecule has 0 aromatic carbocycles. The maximum absolute atomic E-state index is 13.5. The molecule has 2 aliphatic heterocycles. The van der Waals surface area contributed by atoms with Gasteiger partial charge >= 0.3 is 0 Å². The molecule has 2 fully saturated rings. The first-order chi connectivity index (χ1) is 11.5. The molecule has 6 nitrogen and oxygen atoms in total. The topological polar surface area (TPSA) is 68.7 Å². The van der Waals surface area contributed by atoms with Gasteiger partial charge in [-0.15, -0.1) is 0 Å². The maximum Gasteiger partial charge on any atom is 0.250 e. The van der Waals surface area contributed by atoms with Crippen molar-refractivity contribution in [1.82, 2.24) is 9.29 Å². The monoisotopic (exact) mass is 358 g/mol. The van der Waals surface area contributed by atoms with Gasteiger partial charge in [0.25, 0.3) is 0 Å². The molecule has 2 saturated heterocycles. The molecule has 1 aromatic heterocycles. The molecular formula is C16H23FN2O4S. The van der Waals surface area contributed by atoms with Gasteiger partial charge in [-0.1, -0.05) is 6.92 Å². The molecule has 1 spiro atoms. The molecular weight excluding hydrogens is 335 g/mol. The zero-order chi connectivity index (χ0) is 17.2. The Morgan fingerprint density at radius 3 is 3.00 bits per heavy atom. The highest BCUT2D eigenvalue weighted by Gasteiger charge is 2.55. The number of pyridine rings is 1. The van der Waals surface area contributed by atoms with Crippen LogP contribution in [-0.2, 0) is 14.8 Å². The summed E-state index contributed by atoms with van der Waals surface area (Å²) >= 11 is 0. The van der Waals surface area contributed by atoms with E-state index >= 15 is 0 Å². The Kier molecular flexibility index (Phi) is 5.08. The van der Waals surface area contributed by atoms with Crippen molar-refractivity contribution in [2.45, 2.75) is 31.8 Å². The van der Waals surface area contributed by atoms with Crippen molar-refractivity contribution in [3.8, 4) is 5.88 Å².